The molecule has 0 aromatic rings. The average Bonchev–Trinajstić information content (AvgIpc) is 1.66. The molecule has 0 aromatic carbocycles. The molecule has 0 heterocycles. The third-order valence-corrected chi connectivity index (χ3v) is 0.514. The van der Waals surface area contributed by atoms with Crippen molar-refractivity contribution in [2.75, 3.05) is 6.61 Å². The molecule has 0 N–H and O–H groups in total. The normalized spacial score (nSPS) is 9.75. The first-order valence-corrected chi connectivity index (χ1v) is 2.57. The van der Waals surface area contributed by atoms with E-state index in [1.807, 2.05) is 13.8 Å². The van der Waals surface area contributed by atoms with E-state index in [1.54, 1.807) is 0 Å². The Bertz CT molecular complexity index is 96.7. The summed E-state index contributed by atoms with van der Waals surface area (Å²) in [5, 5.41) is 0. The first-order chi connectivity index (χ1) is 3.77. The van der Waals surface area contributed by atoms with Crippen LogP contribution in [0.4, 0.5) is 0 Å². The van der Waals surface area contributed by atoms with Crippen LogP contribution in [0.3, 0.4) is 0 Å². The maximum atomic E-state index is 4.79. The smallest absolute Gasteiger partial charge is 0.174 e. The number of hydrogen-bond donors (Lipinski definition) is 0. The second kappa shape index (κ2) is 4.37. The molecule has 0 bridgehead atoms. The van der Waals surface area contributed by atoms with Crippen LogP contribution in [0.5, 0.6) is 0 Å². The zero-order chi connectivity index (χ0) is 6.41. The highest BCUT2D eigenvalue weighted by atomic mass is 16.5. The highest BCUT2D eigenvalue weighted by Gasteiger charge is 1.71. The largest absolute Gasteiger partial charge is 0.483 e. The molecule has 0 spiro atoms. The van der Waals surface area contributed by atoms with Gasteiger partial charge in [-0.1, -0.05) is 6.58 Å². The van der Waals surface area contributed by atoms with Crippen molar-refractivity contribution in [3.63, 3.8) is 0 Å². The van der Waals surface area contributed by atoms with E-state index in [0.29, 0.717) is 6.61 Å². The summed E-state index contributed by atoms with van der Waals surface area (Å²) in [5.41, 5.74) is 0.762. The van der Waals surface area contributed by atoms with Crippen LogP contribution in [0.1, 0.15) is 13.8 Å². The van der Waals surface area contributed by atoms with Crippen LogP contribution < -0.4 is 0 Å². The van der Waals surface area contributed by atoms with Crippen molar-refractivity contribution in [3.8, 4) is 0 Å². The van der Waals surface area contributed by atoms with E-state index in [2.05, 4.69) is 11.6 Å². The van der Waals surface area contributed by atoms with Crippen LogP contribution in [-0.4, -0.2) is 13.0 Å². The highest BCUT2D eigenvalue weighted by molar-refractivity contribution is 5.48. The zero-order valence-electron chi connectivity index (χ0n) is 5.35. The lowest BCUT2D eigenvalue weighted by atomic mass is 10.6. The van der Waals surface area contributed by atoms with Gasteiger partial charge in [0.1, 0.15) is 0 Å². The van der Waals surface area contributed by atoms with Gasteiger partial charge in [0.25, 0.3) is 0 Å². The molecule has 0 amide bonds. The SMILES string of the molecule is C=C(C)N=COCC. The summed E-state index contributed by atoms with van der Waals surface area (Å²) in [6, 6.07) is 0. The van der Waals surface area contributed by atoms with Crippen LogP contribution in [0.25, 0.3) is 0 Å². The molecule has 0 rings (SSSR count). The molecule has 46 valence electrons. The fraction of sp³-hybridized carbons (Fsp3) is 0.500. The topological polar surface area (TPSA) is 21.6 Å². The van der Waals surface area contributed by atoms with Gasteiger partial charge in [-0.3, -0.25) is 0 Å². The maximum absolute atomic E-state index is 4.79. The van der Waals surface area contributed by atoms with Gasteiger partial charge >= 0.3 is 0 Å². The number of hydrogen-bond acceptors (Lipinski definition) is 2. The van der Waals surface area contributed by atoms with Crippen molar-refractivity contribution in [2.45, 2.75) is 13.8 Å². The summed E-state index contributed by atoms with van der Waals surface area (Å²) < 4.78 is 4.79. The third-order valence-electron chi connectivity index (χ3n) is 0.514. The van der Waals surface area contributed by atoms with Crippen LogP contribution in [-0.2, 0) is 4.74 Å². The van der Waals surface area contributed by atoms with E-state index in [-0.39, 0.29) is 0 Å². The first-order valence-electron chi connectivity index (χ1n) is 2.57. The summed E-state index contributed by atoms with van der Waals surface area (Å²) in [7, 11) is 0. The van der Waals surface area contributed by atoms with Gasteiger partial charge in [-0.25, -0.2) is 4.99 Å². The van der Waals surface area contributed by atoms with Crippen molar-refractivity contribution >= 4 is 6.40 Å². The predicted molar refractivity (Wildman–Crippen MR) is 34.9 cm³/mol. The molecule has 0 saturated carbocycles. The number of rotatable bonds is 3. The fourth-order valence-electron chi connectivity index (χ4n) is 0.202. The van der Waals surface area contributed by atoms with E-state index >= 15 is 0 Å². The lowest BCUT2D eigenvalue weighted by molar-refractivity contribution is 0.343. The maximum Gasteiger partial charge on any atom is 0.174 e. The molecule has 2 heteroatoms. The van der Waals surface area contributed by atoms with Crippen LogP contribution in [0.15, 0.2) is 17.3 Å². The molecule has 0 aliphatic rings. The summed E-state index contributed by atoms with van der Waals surface area (Å²) >= 11 is 0. The van der Waals surface area contributed by atoms with E-state index in [1.165, 1.54) is 6.40 Å². The third kappa shape index (κ3) is 5.21. The molecular formula is C6H11NO. The second-order valence-electron chi connectivity index (χ2n) is 1.43. The lowest BCUT2D eigenvalue weighted by Crippen LogP contribution is -1.83. The first kappa shape index (κ1) is 7.21. The molecule has 2 nitrogen and oxygen atoms in total. The molecule has 0 radical (unpaired) electrons. The fourth-order valence-corrected chi connectivity index (χ4v) is 0.202. The van der Waals surface area contributed by atoms with E-state index in [0.717, 1.165) is 5.70 Å². The van der Waals surface area contributed by atoms with E-state index in [4.69, 9.17) is 4.74 Å². The molecule has 0 unspecified atom stereocenters. The van der Waals surface area contributed by atoms with Crippen molar-refractivity contribution in [1.29, 1.82) is 0 Å². The number of aliphatic imine (C=N–C) groups is 1. The highest BCUT2D eigenvalue weighted by Crippen LogP contribution is 1.84. The molecule has 8 heavy (non-hydrogen) atoms. The summed E-state index contributed by atoms with van der Waals surface area (Å²) in [4.78, 5) is 3.77. The Morgan fingerprint density at radius 1 is 1.88 bits per heavy atom. The predicted octanol–water partition coefficient (Wildman–Crippen LogP) is 1.58. The van der Waals surface area contributed by atoms with Crippen molar-refractivity contribution < 1.29 is 4.74 Å². The standard InChI is InChI=1S/C6H11NO/c1-4-8-5-7-6(2)3/h5H,2,4H2,1,3H3. The molecule has 0 aliphatic heterocycles. The molecular weight excluding hydrogens is 102 g/mol. The van der Waals surface area contributed by atoms with Gasteiger partial charge in [-0.2, -0.15) is 0 Å². The van der Waals surface area contributed by atoms with Crippen LogP contribution >= 0.6 is 0 Å². The zero-order valence-corrected chi connectivity index (χ0v) is 5.35. The molecule has 0 saturated heterocycles. The molecule has 0 aromatic heterocycles. The quantitative estimate of drug-likeness (QED) is 0.402. The summed E-state index contributed by atoms with van der Waals surface area (Å²) in [6.07, 6.45) is 1.41. The van der Waals surface area contributed by atoms with Crippen molar-refractivity contribution in [2.24, 2.45) is 4.99 Å². The number of nitrogens with zero attached hydrogens (tertiary/aromatic N) is 1. The lowest BCUT2D eigenvalue weighted by Gasteiger charge is -1.89. The Morgan fingerprint density at radius 2 is 2.50 bits per heavy atom. The average molecular weight is 113 g/mol. The Balaban J connectivity index is 3.20. The minimum Gasteiger partial charge on any atom is -0.483 e. The van der Waals surface area contributed by atoms with Gasteiger partial charge in [-0.15, -0.1) is 0 Å². The van der Waals surface area contributed by atoms with Crippen LogP contribution in [0, 0.1) is 0 Å². The van der Waals surface area contributed by atoms with Crippen molar-refractivity contribution in [3.05, 3.63) is 12.3 Å². The molecule has 0 aliphatic carbocycles. The minimum absolute atomic E-state index is 0.663. The molecule has 0 atom stereocenters. The monoisotopic (exact) mass is 113 g/mol. The van der Waals surface area contributed by atoms with Gasteiger partial charge in [0.15, 0.2) is 6.40 Å². The van der Waals surface area contributed by atoms with E-state index in [9.17, 15) is 0 Å². The second-order valence-corrected chi connectivity index (χ2v) is 1.43. The van der Waals surface area contributed by atoms with E-state index < -0.39 is 0 Å². The number of ether oxygens (including phenoxy) is 1. The summed E-state index contributed by atoms with van der Waals surface area (Å²) in [5.74, 6) is 0. The minimum atomic E-state index is 0.663. The van der Waals surface area contributed by atoms with Gasteiger partial charge in [0.05, 0.1) is 6.61 Å². The van der Waals surface area contributed by atoms with Gasteiger partial charge < -0.3 is 4.74 Å². The Morgan fingerprint density at radius 3 is 2.88 bits per heavy atom. The van der Waals surface area contributed by atoms with Gasteiger partial charge in [-0.05, 0) is 13.8 Å². The summed E-state index contributed by atoms with van der Waals surface area (Å²) in [6.45, 7) is 7.93. The molecule has 0 fully saturated rings. The number of allylic oxidation sites excluding steroid dienone is 1. The van der Waals surface area contributed by atoms with Crippen LogP contribution in [0.2, 0.25) is 0 Å². The Hall–Kier alpha value is -0.790. The Labute approximate surface area is 49.9 Å². The van der Waals surface area contributed by atoms with Gasteiger partial charge in [0.2, 0.25) is 0 Å². The van der Waals surface area contributed by atoms with Gasteiger partial charge in [0, 0.05) is 5.70 Å². The Kier molecular flexibility index (Phi) is 3.94. The van der Waals surface area contributed by atoms with Crippen molar-refractivity contribution in [1.82, 2.24) is 0 Å².